The van der Waals surface area contributed by atoms with Crippen molar-refractivity contribution in [3.63, 3.8) is 0 Å². The van der Waals surface area contributed by atoms with Crippen LogP contribution < -0.4 is 21.2 Å². The summed E-state index contributed by atoms with van der Waals surface area (Å²) < 4.78 is 8.41. The zero-order valence-electron chi connectivity index (χ0n) is 21.4. The first kappa shape index (κ1) is 24.3. The van der Waals surface area contributed by atoms with E-state index in [4.69, 9.17) is 10.5 Å². The van der Waals surface area contributed by atoms with Gasteiger partial charge in [0.05, 0.1) is 27.8 Å². The number of fused-ring (bicyclic) bond motifs is 1. The number of anilines is 2. The van der Waals surface area contributed by atoms with Crippen LogP contribution in [0.25, 0.3) is 10.9 Å². The van der Waals surface area contributed by atoms with E-state index in [0.29, 0.717) is 35.7 Å². The minimum absolute atomic E-state index is 0.238. The molecule has 3 aliphatic rings. The number of ether oxygens (including phenoxy) is 1. The maximum Gasteiger partial charge on any atom is 0.341 e. The molecule has 1 aromatic carbocycles. The van der Waals surface area contributed by atoms with Gasteiger partial charge in [-0.15, -0.1) is 0 Å². The van der Waals surface area contributed by atoms with E-state index in [2.05, 4.69) is 36.2 Å². The molecule has 2 aromatic rings. The summed E-state index contributed by atoms with van der Waals surface area (Å²) in [6, 6.07) is 0. The Morgan fingerprint density at radius 1 is 1.33 bits per heavy atom. The second-order valence-electron chi connectivity index (χ2n) is 10.2. The first-order chi connectivity index (χ1) is 17.3. The molecule has 0 bridgehead atoms. The van der Waals surface area contributed by atoms with Gasteiger partial charge < -0.3 is 30.4 Å². The van der Waals surface area contributed by atoms with Gasteiger partial charge in [-0.05, 0) is 50.7 Å². The number of likely N-dealkylation sites (tertiary alicyclic amines) is 1. The first-order valence-electron chi connectivity index (χ1n) is 13.1. The fourth-order valence-electron chi connectivity index (χ4n) is 6.27. The molecule has 1 spiro atoms. The Balaban J connectivity index is 1.57. The number of aromatic carboxylic acids is 1. The van der Waals surface area contributed by atoms with Gasteiger partial charge in [0.1, 0.15) is 12.2 Å². The molecule has 36 heavy (non-hydrogen) atoms. The zero-order valence-corrected chi connectivity index (χ0v) is 21.4. The van der Waals surface area contributed by atoms with E-state index >= 15 is 0 Å². The number of hydrogen-bond donors (Lipinski definition) is 3. The predicted molar refractivity (Wildman–Crippen MR) is 143 cm³/mol. The monoisotopic (exact) mass is 492 g/mol. The molecule has 2 aliphatic heterocycles. The molecule has 1 aromatic heterocycles. The molecule has 0 radical (unpaired) electrons. The summed E-state index contributed by atoms with van der Waals surface area (Å²) in [5.41, 5.74) is 10.6. The summed E-state index contributed by atoms with van der Waals surface area (Å²) >= 11 is 0. The Morgan fingerprint density at radius 3 is 2.75 bits per heavy atom. The van der Waals surface area contributed by atoms with Crippen molar-refractivity contribution in [3.05, 3.63) is 51.0 Å². The Morgan fingerprint density at radius 2 is 2.08 bits per heavy atom. The van der Waals surface area contributed by atoms with Crippen LogP contribution in [0.3, 0.4) is 0 Å². The third-order valence-corrected chi connectivity index (χ3v) is 8.21. The number of nitrogens with two attached hydrogens (primary N) is 1. The second-order valence-corrected chi connectivity index (χ2v) is 10.2. The van der Waals surface area contributed by atoms with Gasteiger partial charge in [0, 0.05) is 31.5 Å². The molecular formula is C28H36N4O4. The van der Waals surface area contributed by atoms with Crippen LogP contribution in [0.5, 0.6) is 5.75 Å². The third kappa shape index (κ3) is 3.65. The van der Waals surface area contributed by atoms with Gasteiger partial charge >= 0.3 is 5.97 Å². The van der Waals surface area contributed by atoms with E-state index in [0.717, 1.165) is 57.3 Å². The molecule has 8 heteroatoms. The highest BCUT2D eigenvalue weighted by Crippen LogP contribution is 2.49. The molecule has 0 amide bonds. The molecular weight excluding hydrogens is 456 g/mol. The molecule has 0 unspecified atom stereocenters. The fraction of sp³-hybridized carbons (Fsp3) is 0.500. The van der Waals surface area contributed by atoms with Gasteiger partial charge in [0.15, 0.2) is 5.75 Å². The van der Waals surface area contributed by atoms with Crippen LogP contribution in [0.4, 0.5) is 11.4 Å². The number of nitrogens with zero attached hydrogens (tertiary/aromatic N) is 2. The Bertz CT molecular complexity index is 1350. The van der Waals surface area contributed by atoms with Crippen molar-refractivity contribution in [1.82, 2.24) is 9.47 Å². The number of aromatic nitrogens is 1. The first-order valence-corrected chi connectivity index (χ1v) is 13.1. The molecule has 1 saturated carbocycles. The zero-order chi connectivity index (χ0) is 25.6. The molecule has 4 N–H and O–H groups in total. The number of benzene rings is 1. The van der Waals surface area contributed by atoms with Gasteiger partial charge in [-0.1, -0.05) is 31.9 Å². The maximum atomic E-state index is 13.3. The predicted octanol–water partition coefficient (Wildman–Crippen LogP) is 4.61. The summed E-state index contributed by atoms with van der Waals surface area (Å²) in [7, 11) is 0. The van der Waals surface area contributed by atoms with Crippen molar-refractivity contribution >= 4 is 28.2 Å². The van der Waals surface area contributed by atoms with E-state index in [9.17, 15) is 14.7 Å². The van der Waals surface area contributed by atoms with Gasteiger partial charge in [-0.25, -0.2) is 4.79 Å². The van der Waals surface area contributed by atoms with Gasteiger partial charge in [0.2, 0.25) is 5.43 Å². The highest BCUT2D eigenvalue weighted by Gasteiger charge is 2.42. The Hall–Kier alpha value is -3.42. The minimum atomic E-state index is -1.23. The fourth-order valence-corrected chi connectivity index (χ4v) is 6.27. The SMILES string of the molecule is C/C=C1/CCN(CCNc2c(C)c(N)c3c(=O)c(C(=O)O)cn4c3c2OCC42CCCC2)/C1=C/CC. The molecule has 192 valence electrons. The molecule has 8 nitrogen and oxygen atoms in total. The van der Waals surface area contributed by atoms with Crippen molar-refractivity contribution in [2.75, 3.05) is 37.3 Å². The van der Waals surface area contributed by atoms with Crippen LogP contribution in [-0.2, 0) is 5.54 Å². The van der Waals surface area contributed by atoms with Crippen molar-refractivity contribution in [2.24, 2.45) is 0 Å². The van der Waals surface area contributed by atoms with Crippen molar-refractivity contribution in [3.8, 4) is 5.75 Å². The average Bonchev–Trinajstić information content (AvgIpc) is 3.48. The van der Waals surface area contributed by atoms with Crippen molar-refractivity contribution in [2.45, 2.75) is 64.8 Å². The second kappa shape index (κ2) is 9.22. The van der Waals surface area contributed by atoms with Gasteiger partial charge in [-0.3, -0.25) is 4.79 Å². The molecule has 3 heterocycles. The highest BCUT2D eigenvalue weighted by atomic mass is 16.5. The Labute approximate surface area is 211 Å². The van der Waals surface area contributed by atoms with Crippen LogP contribution in [0.1, 0.15) is 68.3 Å². The van der Waals surface area contributed by atoms with E-state index in [-0.39, 0.29) is 16.5 Å². The lowest BCUT2D eigenvalue weighted by Gasteiger charge is -2.39. The minimum Gasteiger partial charge on any atom is -0.487 e. The van der Waals surface area contributed by atoms with E-state index in [1.165, 1.54) is 17.5 Å². The normalized spacial score (nSPS) is 20.6. The quantitative estimate of drug-likeness (QED) is 0.505. The van der Waals surface area contributed by atoms with E-state index in [1.807, 2.05) is 11.5 Å². The largest absolute Gasteiger partial charge is 0.487 e. The highest BCUT2D eigenvalue weighted by molar-refractivity contribution is 6.04. The number of carbonyl (C=O) groups is 1. The lowest BCUT2D eigenvalue weighted by Crippen LogP contribution is -2.42. The van der Waals surface area contributed by atoms with Gasteiger partial charge in [0.25, 0.3) is 0 Å². The molecule has 5 rings (SSSR count). The number of rotatable bonds is 6. The maximum absolute atomic E-state index is 13.3. The lowest BCUT2D eigenvalue weighted by atomic mass is 9.92. The number of nitrogens with one attached hydrogen (secondary N) is 1. The van der Waals surface area contributed by atoms with Crippen LogP contribution in [0.2, 0.25) is 0 Å². The van der Waals surface area contributed by atoms with Crippen LogP contribution in [0, 0.1) is 6.92 Å². The number of hydrogen-bond acceptors (Lipinski definition) is 6. The van der Waals surface area contributed by atoms with Gasteiger partial charge in [-0.2, -0.15) is 0 Å². The third-order valence-electron chi connectivity index (χ3n) is 8.21. The number of carboxylic acids is 1. The number of carboxylic acid groups (broad SMARTS) is 1. The summed E-state index contributed by atoms with van der Waals surface area (Å²) in [5, 5.41) is 13.6. The average molecular weight is 493 g/mol. The summed E-state index contributed by atoms with van der Waals surface area (Å²) in [6.45, 7) is 9.08. The number of allylic oxidation sites excluding steroid dienone is 3. The lowest BCUT2D eigenvalue weighted by molar-refractivity contribution is 0.0692. The summed E-state index contributed by atoms with van der Waals surface area (Å²) in [4.78, 5) is 27.7. The topological polar surface area (TPSA) is 110 Å². The van der Waals surface area contributed by atoms with E-state index < -0.39 is 11.4 Å². The Kier molecular flexibility index (Phi) is 6.22. The number of pyridine rings is 1. The molecule has 1 saturated heterocycles. The van der Waals surface area contributed by atoms with Crippen LogP contribution in [0.15, 0.2) is 34.4 Å². The van der Waals surface area contributed by atoms with Crippen LogP contribution >= 0.6 is 0 Å². The number of nitrogen functional groups attached to an aromatic ring is 1. The van der Waals surface area contributed by atoms with Crippen LogP contribution in [-0.4, -0.2) is 46.8 Å². The molecule has 2 fully saturated rings. The van der Waals surface area contributed by atoms with E-state index in [1.54, 1.807) is 0 Å². The standard InChI is InChI=1S/C28H36N4O4/c1-4-8-20-18(5-2)9-13-31(20)14-12-30-23-17(3)22(29)21-24-26(23)36-16-28(10-6-7-11-28)32(24)15-19(25(21)33)27(34)35/h5,8,15,30H,4,6-7,9-14,16,29H2,1-3H3,(H,34,35)/b18-5-,20-8+. The molecule has 0 atom stereocenters. The summed E-state index contributed by atoms with van der Waals surface area (Å²) in [6.07, 6.45) is 11.9. The summed E-state index contributed by atoms with van der Waals surface area (Å²) in [5.74, 6) is -0.628. The molecule has 1 aliphatic carbocycles. The smallest absolute Gasteiger partial charge is 0.341 e. The van der Waals surface area contributed by atoms with Crippen molar-refractivity contribution in [1.29, 1.82) is 0 Å². The van der Waals surface area contributed by atoms with Crippen molar-refractivity contribution < 1.29 is 14.6 Å².